The van der Waals surface area contributed by atoms with E-state index >= 15 is 0 Å². The number of pyridine rings is 1. The summed E-state index contributed by atoms with van der Waals surface area (Å²) in [4.78, 5) is 4.51. The summed E-state index contributed by atoms with van der Waals surface area (Å²) in [5.41, 5.74) is 1.37. The highest BCUT2D eigenvalue weighted by Crippen LogP contribution is 2.36. The van der Waals surface area contributed by atoms with Crippen LogP contribution >= 0.6 is 15.9 Å². The third-order valence-electron chi connectivity index (χ3n) is 3.96. The number of rotatable bonds is 2. The van der Waals surface area contributed by atoms with Crippen molar-refractivity contribution in [3.63, 3.8) is 0 Å². The molecule has 1 aromatic heterocycles. The van der Waals surface area contributed by atoms with Crippen LogP contribution < -0.4 is 5.46 Å². The van der Waals surface area contributed by atoms with Crippen molar-refractivity contribution in [2.45, 2.75) is 58.7 Å². The fourth-order valence-electron chi connectivity index (χ4n) is 2.00. The Morgan fingerprint density at radius 1 is 1.16 bits per heavy atom. The molecular weight excluding hydrogens is 305 g/mol. The van der Waals surface area contributed by atoms with E-state index in [0.717, 1.165) is 15.6 Å². The summed E-state index contributed by atoms with van der Waals surface area (Å²) in [6.07, 6.45) is 1.85. The smallest absolute Gasteiger partial charge is 0.399 e. The molecule has 0 atom stereocenters. The van der Waals surface area contributed by atoms with Gasteiger partial charge in [0.25, 0.3) is 0 Å². The summed E-state index contributed by atoms with van der Waals surface area (Å²) in [6, 6.07) is 2.05. The van der Waals surface area contributed by atoms with Crippen LogP contribution in [0.1, 0.15) is 53.2 Å². The van der Waals surface area contributed by atoms with Gasteiger partial charge in [-0.15, -0.1) is 0 Å². The van der Waals surface area contributed by atoms with E-state index in [2.05, 4.69) is 62.5 Å². The largest absolute Gasteiger partial charge is 0.496 e. The molecule has 3 nitrogen and oxygen atoms in total. The summed E-state index contributed by atoms with van der Waals surface area (Å²) in [5.74, 6) is 0.390. The molecule has 0 spiro atoms. The van der Waals surface area contributed by atoms with Crippen LogP contribution in [0.2, 0.25) is 0 Å². The molecule has 1 saturated heterocycles. The van der Waals surface area contributed by atoms with Gasteiger partial charge in [0.2, 0.25) is 0 Å². The van der Waals surface area contributed by atoms with Gasteiger partial charge < -0.3 is 9.31 Å². The second-order valence-electron chi connectivity index (χ2n) is 6.38. The number of nitrogens with zero attached hydrogens (tertiary/aromatic N) is 1. The number of aromatic nitrogens is 1. The Kier molecular flexibility index (Phi) is 3.84. The molecule has 5 heteroatoms. The minimum Gasteiger partial charge on any atom is -0.399 e. The van der Waals surface area contributed by atoms with Gasteiger partial charge in [-0.1, -0.05) is 13.8 Å². The van der Waals surface area contributed by atoms with Gasteiger partial charge in [0, 0.05) is 16.1 Å². The lowest BCUT2D eigenvalue weighted by Crippen LogP contribution is -2.41. The van der Waals surface area contributed by atoms with Crippen LogP contribution in [0.25, 0.3) is 0 Å². The average molecular weight is 326 g/mol. The van der Waals surface area contributed by atoms with E-state index in [0.29, 0.717) is 5.92 Å². The summed E-state index contributed by atoms with van der Waals surface area (Å²) in [6.45, 7) is 12.5. The van der Waals surface area contributed by atoms with Gasteiger partial charge in [0.05, 0.1) is 16.9 Å². The molecule has 0 N–H and O–H groups in total. The van der Waals surface area contributed by atoms with Crippen LogP contribution in [0.4, 0.5) is 0 Å². The van der Waals surface area contributed by atoms with Gasteiger partial charge in [-0.25, -0.2) is 0 Å². The van der Waals surface area contributed by atoms with Crippen molar-refractivity contribution in [2.75, 3.05) is 0 Å². The summed E-state index contributed by atoms with van der Waals surface area (Å²) >= 11 is 3.58. The zero-order valence-corrected chi connectivity index (χ0v) is 14.0. The van der Waals surface area contributed by atoms with Crippen LogP contribution in [0.3, 0.4) is 0 Å². The Balaban J connectivity index is 2.28. The highest BCUT2D eigenvalue weighted by atomic mass is 79.9. The zero-order valence-electron chi connectivity index (χ0n) is 12.5. The highest BCUT2D eigenvalue weighted by Gasteiger charge is 2.51. The maximum absolute atomic E-state index is 6.02. The normalized spacial score (nSPS) is 21.2. The predicted molar refractivity (Wildman–Crippen MR) is 81.7 cm³/mol. The van der Waals surface area contributed by atoms with Crippen molar-refractivity contribution in [2.24, 2.45) is 0 Å². The Hall–Kier alpha value is -0.385. The van der Waals surface area contributed by atoms with E-state index in [-0.39, 0.29) is 18.3 Å². The van der Waals surface area contributed by atoms with Crippen molar-refractivity contribution in [3.05, 3.63) is 22.4 Å². The van der Waals surface area contributed by atoms with Gasteiger partial charge in [-0.05, 0) is 55.6 Å². The van der Waals surface area contributed by atoms with Crippen molar-refractivity contribution in [1.29, 1.82) is 0 Å². The molecule has 0 aromatic carbocycles. The first-order valence-corrected chi connectivity index (χ1v) is 7.44. The molecule has 1 aromatic rings. The van der Waals surface area contributed by atoms with Gasteiger partial charge in [0.1, 0.15) is 0 Å². The lowest BCUT2D eigenvalue weighted by Gasteiger charge is -2.32. The molecule has 2 rings (SSSR count). The first-order chi connectivity index (χ1) is 8.64. The maximum Gasteiger partial charge on any atom is 0.496 e. The van der Waals surface area contributed by atoms with E-state index in [1.165, 1.54) is 0 Å². The molecule has 0 amide bonds. The van der Waals surface area contributed by atoms with E-state index in [9.17, 15) is 0 Å². The molecule has 2 heterocycles. The summed E-state index contributed by atoms with van der Waals surface area (Å²) < 4.78 is 13.1. The van der Waals surface area contributed by atoms with E-state index < -0.39 is 0 Å². The van der Waals surface area contributed by atoms with Gasteiger partial charge >= 0.3 is 7.12 Å². The standard InChI is InChI=1S/C14H21BBrNO2/c1-9(2)12-11(16)7-10(8-17-12)15-18-13(3,4)14(5,6)19-15/h7-9H,1-6H3. The van der Waals surface area contributed by atoms with E-state index in [4.69, 9.17) is 9.31 Å². The van der Waals surface area contributed by atoms with Crippen molar-refractivity contribution >= 4 is 28.5 Å². The molecule has 104 valence electrons. The molecule has 0 bridgehead atoms. The molecule has 1 fully saturated rings. The Bertz CT molecular complexity index is 472. The number of hydrogen-bond acceptors (Lipinski definition) is 3. The molecule has 19 heavy (non-hydrogen) atoms. The van der Waals surface area contributed by atoms with Crippen molar-refractivity contribution in [3.8, 4) is 0 Å². The zero-order chi connectivity index (χ0) is 14.4. The molecule has 0 unspecified atom stereocenters. The SMILES string of the molecule is CC(C)c1ncc(B2OC(C)(C)C(C)(C)O2)cc1Br. The van der Waals surface area contributed by atoms with Crippen LogP contribution in [0, 0.1) is 0 Å². The van der Waals surface area contributed by atoms with Crippen molar-refractivity contribution in [1.82, 2.24) is 4.98 Å². The number of halogens is 1. The topological polar surface area (TPSA) is 31.4 Å². The Morgan fingerprint density at radius 2 is 1.68 bits per heavy atom. The molecule has 0 saturated carbocycles. The molecular formula is C14H21BBrNO2. The maximum atomic E-state index is 6.02. The minimum atomic E-state index is -0.352. The third kappa shape index (κ3) is 2.74. The van der Waals surface area contributed by atoms with Crippen molar-refractivity contribution < 1.29 is 9.31 Å². The summed E-state index contributed by atoms with van der Waals surface area (Å²) in [5, 5.41) is 0. The van der Waals surface area contributed by atoms with Gasteiger partial charge in [-0.3, -0.25) is 4.98 Å². The fraction of sp³-hybridized carbons (Fsp3) is 0.643. The lowest BCUT2D eigenvalue weighted by atomic mass is 9.80. The average Bonchev–Trinajstić information content (AvgIpc) is 2.47. The second-order valence-corrected chi connectivity index (χ2v) is 7.23. The Morgan fingerprint density at radius 3 is 2.11 bits per heavy atom. The molecule has 1 aliphatic heterocycles. The monoisotopic (exact) mass is 325 g/mol. The fourth-order valence-corrected chi connectivity index (χ4v) is 2.82. The van der Waals surface area contributed by atoms with Gasteiger partial charge in [0.15, 0.2) is 0 Å². The number of hydrogen-bond donors (Lipinski definition) is 0. The predicted octanol–water partition coefficient (Wildman–Crippen LogP) is 3.27. The molecule has 0 aliphatic carbocycles. The first-order valence-electron chi connectivity index (χ1n) is 6.65. The van der Waals surface area contributed by atoms with Crippen LogP contribution in [0.15, 0.2) is 16.7 Å². The first kappa shape index (κ1) is 15.0. The summed E-state index contributed by atoms with van der Waals surface area (Å²) in [7, 11) is -0.352. The molecule has 1 aliphatic rings. The third-order valence-corrected chi connectivity index (χ3v) is 4.60. The second kappa shape index (κ2) is 4.87. The lowest BCUT2D eigenvalue weighted by molar-refractivity contribution is 0.00578. The minimum absolute atomic E-state index is 0.319. The van der Waals surface area contributed by atoms with Crippen LogP contribution in [-0.4, -0.2) is 23.3 Å². The Labute approximate surface area is 124 Å². The van der Waals surface area contributed by atoms with Crippen LogP contribution in [0.5, 0.6) is 0 Å². The van der Waals surface area contributed by atoms with E-state index in [1.807, 2.05) is 12.3 Å². The molecule has 0 radical (unpaired) electrons. The van der Waals surface area contributed by atoms with Crippen LogP contribution in [-0.2, 0) is 9.31 Å². The highest BCUT2D eigenvalue weighted by molar-refractivity contribution is 9.10. The quantitative estimate of drug-likeness (QED) is 0.782. The van der Waals surface area contributed by atoms with E-state index in [1.54, 1.807) is 0 Å². The van der Waals surface area contributed by atoms with Gasteiger partial charge in [-0.2, -0.15) is 0 Å².